The van der Waals surface area contributed by atoms with Gasteiger partial charge in [0, 0.05) is 16.9 Å². The Kier molecular flexibility index (Phi) is 7.13. The van der Waals surface area contributed by atoms with E-state index in [1.807, 2.05) is 37.3 Å². The third-order valence-electron chi connectivity index (χ3n) is 4.97. The lowest BCUT2D eigenvalue weighted by molar-refractivity contribution is -0.148. The maximum atomic E-state index is 11.5. The van der Waals surface area contributed by atoms with Gasteiger partial charge in [0.2, 0.25) is 6.61 Å². The van der Waals surface area contributed by atoms with Crippen LogP contribution >= 0.6 is 0 Å². The van der Waals surface area contributed by atoms with Crippen molar-refractivity contribution < 1.29 is 19.1 Å². The van der Waals surface area contributed by atoms with Crippen molar-refractivity contribution in [1.82, 2.24) is 4.57 Å². The van der Waals surface area contributed by atoms with E-state index in [-0.39, 0.29) is 6.61 Å². The number of hydrogen-bond donors (Lipinski definition) is 0. The highest BCUT2D eigenvalue weighted by molar-refractivity contribution is 6.01. The van der Waals surface area contributed by atoms with Crippen molar-refractivity contribution >= 4 is 11.7 Å². The van der Waals surface area contributed by atoms with Crippen LogP contribution in [0.3, 0.4) is 0 Å². The molecule has 1 aromatic heterocycles. The van der Waals surface area contributed by atoms with Gasteiger partial charge in [0.1, 0.15) is 5.75 Å². The number of carbonyl (C=O) groups is 1. The lowest BCUT2D eigenvalue weighted by Crippen LogP contribution is -2.11. The summed E-state index contributed by atoms with van der Waals surface area (Å²) in [5.74, 6) is 0.367. The Morgan fingerprint density at radius 3 is 2.45 bits per heavy atom. The summed E-state index contributed by atoms with van der Waals surface area (Å²) in [4.78, 5) is 16.7. The first-order valence-corrected chi connectivity index (χ1v) is 10.2. The fourth-order valence-corrected chi connectivity index (χ4v) is 3.48. The second-order valence-electron chi connectivity index (χ2n) is 7.19. The second-order valence-corrected chi connectivity index (χ2v) is 7.19. The van der Waals surface area contributed by atoms with Gasteiger partial charge in [-0.2, -0.15) is 0 Å². The molecule has 6 heteroatoms. The Bertz CT molecular complexity index is 1080. The van der Waals surface area contributed by atoms with E-state index in [0.717, 1.165) is 34.0 Å². The Labute approximate surface area is 183 Å². The molecule has 0 bridgehead atoms. The van der Waals surface area contributed by atoms with Gasteiger partial charge < -0.3 is 18.9 Å². The van der Waals surface area contributed by atoms with E-state index in [1.54, 1.807) is 14.0 Å². The van der Waals surface area contributed by atoms with E-state index >= 15 is 0 Å². The maximum absolute atomic E-state index is 11.5. The van der Waals surface area contributed by atoms with Crippen LogP contribution in [0.25, 0.3) is 16.9 Å². The number of esters is 1. The number of methoxy groups -OCH3 is 1. The molecule has 6 nitrogen and oxygen atoms in total. The summed E-state index contributed by atoms with van der Waals surface area (Å²) >= 11 is 0. The van der Waals surface area contributed by atoms with E-state index in [0.29, 0.717) is 12.3 Å². The van der Waals surface area contributed by atoms with Crippen LogP contribution in [-0.4, -0.2) is 36.6 Å². The zero-order valence-electron chi connectivity index (χ0n) is 18.6. The average molecular weight is 421 g/mol. The summed E-state index contributed by atoms with van der Waals surface area (Å²) in [6.45, 7) is 7.85. The van der Waals surface area contributed by atoms with E-state index < -0.39 is 5.97 Å². The fourth-order valence-electron chi connectivity index (χ4n) is 3.48. The Hall–Kier alpha value is -3.54. The number of aromatic nitrogens is 1. The Morgan fingerprint density at radius 2 is 1.81 bits per heavy atom. The molecule has 3 rings (SSSR count). The number of rotatable bonds is 8. The number of oxime groups is 1. The molecule has 0 unspecified atom stereocenters. The van der Waals surface area contributed by atoms with Gasteiger partial charge in [0.25, 0.3) is 0 Å². The Morgan fingerprint density at radius 1 is 1.06 bits per heavy atom. The van der Waals surface area contributed by atoms with E-state index in [1.165, 1.54) is 5.56 Å². The van der Waals surface area contributed by atoms with Crippen LogP contribution in [0.2, 0.25) is 0 Å². The summed E-state index contributed by atoms with van der Waals surface area (Å²) in [5.41, 5.74) is 6.97. The van der Waals surface area contributed by atoms with Gasteiger partial charge in [0.05, 0.1) is 25.1 Å². The molecule has 31 heavy (non-hydrogen) atoms. The predicted molar refractivity (Wildman–Crippen MR) is 122 cm³/mol. The molecule has 162 valence electrons. The van der Waals surface area contributed by atoms with E-state index in [2.05, 4.69) is 47.8 Å². The second kappa shape index (κ2) is 9.98. The molecule has 0 saturated heterocycles. The minimum absolute atomic E-state index is 0.214. The third-order valence-corrected chi connectivity index (χ3v) is 4.97. The molecule has 0 spiro atoms. The predicted octanol–water partition coefficient (Wildman–Crippen LogP) is 5.07. The number of aryl methyl sites for hydroxylation is 1. The first-order chi connectivity index (χ1) is 14.9. The van der Waals surface area contributed by atoms with Crippen molar-refractivity contribution in [1.29, 1.82) is 0 Å². The van der Waals surface area contributed by atoms with Crippen LogP contribution in [0, 0.1) is 13.8 Å². The van der Waals surface area contributed by atoms with Crippen LogP contribution in [-0.2, 0) is 14.4 Å². The van der Waals surface area contributed by atoms with Gasteiger partial charge in [-0.05, 0) is 81.3 Å². The standard InChI is InChI=1S/C25H28N2O4/c1-6-30-25(28)16-31-26-18(3)23-15-24(20-10-12-22(29-5)13-11-20)27(19(23)4)21-9-7-8-17(2)14-21/h7-15H,6,16H2,1-5H3/b26-18-. The highest BCUT2D eigenvalue weighted by Gasteiger charge is 2.17. The van der Waals surface area contributed by atoms with Crippen LogP contribution in [0.1, 0.15) is 30.7 Å². The van der Waals surface area contributed by atoms with Gasteiger partial charge in [-0.15, -0.1) is 0 Å². The van der Waals surface area contributed by atoms with Crippen molar-refractivity contribution in [3.05, 3.63) is 71.4 Å². The normalized spacial score (nSPS) is 11.3. The van der Waals surface area contributed by atoms with E-state index in [9.17, 15) is 4.79 Å². The summed E-state index contributed by atoms with van der Waals surface area (Å²) < 4.78 is 12.4. The van der Waals surface area contributed by atoms with Gasteiger partial charge in [0.15, 0.2) is 0 Å². The van der Waals surface area contributed by atoms with Crippen molar-refractivity contribution in [2.24, 2.45) is 5.16 Å². The topological polar surface area (TPSA) is 62.1 Å². The molecular formula is C25H28N2O4. The lowest BCUT2D eigenvalue weighted by atomic mass is 10.1. The van der Waals surface area contributed by atoms with Crippen molar-refractivity contribution in [2.75, 3.05) is 20.3 Å². The number of nitrogens with zero attached hydrogens (tertiary/aromatic N) is 2. The van der Waals surface area contributed by atoms with Gasteiger partial charge in [-0.3, -0.25) is 0 Å². The molecule has 2 aromatic carbocycles. The lowest BCUT2D eigenvalue weighted by Gasteiger charge is -2.13. The zero-order valence-corrected chi connectivity index (χ0v) is 18.6. The van der Waals surface area contributed by atoms with Gasteiger partial charge in [-0.25, -0.2) is 4.79 Å². The molecule has 1 heterocycles. The molecular weight excluding hydrogens is 392 g/mol. The molecule has 0 aliphatic carbocycles. The summed E-state index contributed by atoms with van der Waals surface area (Å²) in [7, 11) is 1.66. The largest absolute Gasteiger partial charge is 0.497 e. The van der Waals surface area contributed by atoms with Gasteiger partial charge in [-0.1, -0.05) is 17.3 Å². The van der Waals surface area contributed by atoms with Gasteiger partial charge >= 0.3 is 5.97 Å². The summed E-state index contributed by atoms with van der Waals surface area (Å²) in [5, 5.41) is 4.15. The molecule has 0 atom stereocenters. The molecule has 0 saturated carbocycles. The van der Waals surface area contributed by atoms with Crippen molar-refractivity contribution in [3.8, 4) is 22.7 Å². The summed E-state index contributed by atoms with van der Waals surface area (Å²) in [6.07, 6.45) is 0. The first-order valence-electron chi connectivity index (χ1n) is 10.2. The maximum Gasteiger partial charge on any atom is 0.347 e. The highest BCUT2D eigenvalue weighted by Crippen LogP contribution is 2.31. The minimum Gasteiger partial charge on any atom is -0.497 e. The molecule has 3 aromatic rings. The molecule has 0 amide bonds. The average Bonchev–Trinajstić information content (AvgIpc) is 3.11. The van der Waals surface area contributed by atoms with Crippen LogP contribution < -0.4 is 4.74 Å². The number of benzene rings is 2. The third kappa shape index (κ3) is 5.15. The van der Waals surface area contributed by atoms with Crippen molar-refractivity contribution in [3.63, 3.8) is 0 Å². The number of ether oxygens (including phenoxy) is 2. The molecule has 0 aliphatic rings. The highest BCUT2D eigenvalue weighted by atomic mass is 16.7. The molecule has 0 fully saturated rings. The fraction of sp³-hybridized carbons (Fsp3) is 0.280. The monoisotopic (exact) mass is 420 g/mol. The smallest absolute Gasteiger partial charge is 0.347 e. The van der Waals surface area contributed by atoms with E-state index in [4.69, 9.17) is 14.3 Å². The molecule has 0 N–H and O–H groups in total. The quantitative estimate of drug-likeness (QED) is 0.290. The first kappa shape index (κ1) is 22.2. The van der Waals surface area contributed by atoms with Crippen LogP contribution in [0.5, 0.6) is 5.75 Å². The van der Waals surface area contributed by atoms with Crippen molar-refractivity contribution in [2.45, 2.75) is 27.7 Å². The molecule has 0 aliphatic heterocycles. The zero-order chi connectivity index (χ0) is 22.4. The number of carbonyl (C=O) groups excluding carboxylic acids is 1. The van der Waals surface area contributed by atoms with Crippen LogP contribution in [0.4, 0.5) is 0 Å². The SMILES string of the molecule is CCOC(=O)CO/N=C(/C)c1cc(-c2ccc(OC)cc2)n(-c2cccc(C)c2)c1C. The minimum atomic E-state index is -0.438. The molecule has 0 radical (unpaired) electrons. The summed E-state index contributed by atoms with van der Waals surface area (Å²) in [6, 6.07) is 18.4. The Balaban J connectivity index is 2.04. The van der Waals surface area contributed by atoms with Crippen LogP contribution in [0.15, 0.2) is 59.8 Å². The number of hydrogen-bond acceptors (Lipinski definition) is 5.